The van der Waals surface area contributed by atoms with Crippen molar-refractivity contribution in [1.29, 1.82) is 5.41 Å². The number of halogens is 1. The summed E-state index contributed by atoms with van der Waals surface area (Å²) in [6.07, 6.45) is 0. The molecule has 0 aliphatic carbocycles. The van der Waals surface area contributed by atoms with E-state index in [1.165, 1.54) is 11.1 Å². The van der Waals surface area contributed by atoms with Gasteiger partial charge in [-0.05, 0) is 30.7 Å². The summed E-state index contributed by atoms with van der Waals surface area (Å²) in [7, 11) is 2.01. The molecule has 0 heterocycles. The van der Waals surface area contributed by atoms with E-state index in [-0.39, 0.29) is 5.84 Å². The number of hydrogen-bond donors (Lipinski definition) is 2. The fraction of sp³-hybridized carbons (Fsp3) is 0.188. The van der Waals surface area contributed by atoms with Crippen LogP contribution in [-0.4, -0.2) is 12.9 Å². The van der Waals surface area contributed by atoms with Crippen LogP contribution in [0.1, 0.15) is 16.7 Å². The van der Waals surface area contributed by atoms with Crippen LogP contribution in [0.25, 0.3) is 0 Å². The zero-order valence-electron chi connectivity index (χ0n) is 11.7. The Labute approximate surface area is 128 Å². The lowest BCUT2D eigenvalue weighted by atomic mass is 10.1. The first-order chi connectivity index (χ1) is 9.47. The molecule has 0 radical (unpaired) electrons. The molecular weight excluding hydrogens is 314 g/mol. The molecule has 3 N–H and O–H groups in total. The standard InChI is InChI=1S/C16H18BrN3/c1-11-3-5-12(6-4-11)10-20(2)15-9-13(17)7-8-14(15)16(18)19/h3-9H,10H2,1-2H3,(H3,18,19). The van der Waals surface area contributed by atoms with Gasteiger partial charge in [-0.3, -0.25) is 5.41 Å². The second-order valence-electron chi connectivity index (χ2n) is 4.92. The second-order valence-corrected chi connectivity index (χ2v) is 5.83. The highest BCUT2D eigenvalue weighted by Crippen LogP contribution is 2.25. The van der Waals surface area contributed by atoms with Gasteiger partial charge < -0.3 is 10.6 Å². The summed E-state index contributed by atoms with van der Waals surface area (Å²) >= 11 is 3.47. The number of amidine groups is 1. The largest absolute Gasteiger partial charge is 0.384 e. The van der Waals surface area contributed by atoms with Gasteiger partial charge in [0.05, 0.1) is 0 Å². The van der Waals surface area contributed by atoms with Crippen molar-refractivity contribution in [1.82, 2.24) is 0 Å². The minimum absolute atomic E-state index is 0.0863. The van der Waals surface area contributed by atoms with Crippen molar-refractivity contribution in [3.05, 3.63) is 63.6 Å². The molecule has 0 fully saturated rings. The number of nitrogens with zero attached hydrogens (tertiary/aromatic N) is 1. The highest BCUT2D eigenvalue weighted by molar-refractivity contribution is 9.10. The quantitative estimate of drug-likeness (QED) is 0.663. The number of aryl methyl sites for hydroxylation is 1. The zero-order chi connectivity index (χ0) is 14.7. The molecule has 2 aromatic rings. The van der Waals surface area contributed by atoms with Crippen molar-refractivity contribution in [2.75, 3.05) is 11.9 Å². The molecule has 0 bridgehead atoms. The molecule has 0 saturated heterocycles. The maximum absolute atomic E-state index is 7.68. The molecule has 0 aliphatic rings. The Kier molecular flexibility index (Phi) is 4.45. The fourth-order valence-electron chi connectivity index (χ4n) is 2.10. The first-order valence-corrected chi connectivity index (χ1v) is 7.17. The van der Waals surface area contributed by atoms with E-state index >= 15 is 0 Å². The van der Waals surface area contributed by atoms with Crippen LogP contribution in [0.15, 0.2) is 46.9 Å². The number of anilines is 1. The Morgan fingerprint density at radius 3 is 2.45 bits per heavy atom. The maximum Gasteiger partial charge on any atom is 0.124 e. The van der Waals surface area contributed by atoms with E-state index in [9.17, 15) is 0 Å². The van der Waals surface area contributed by atoms with Gasteiger partial charge in [0, 0.05) is 29.3 Å². The van der Waals surface area contributed by atoms with Crippen LogP contribution in [0.2, 0.25) is 0 Å². The van der Waals surface area contributed by atoms with Gasteiger partial charge in [0.2, 0.25) is 0 Å². The lowest BCUT2D eigenvalue weighted by Crippen LogP contribution is -2.22. The summed E-state index contributed by atoms with van der Waals surface area (Å²) in [4.78, 5) is 2.10. The Morgan fingerprint density at radius 2 is 1.85 bits per heavy atom. The van der Waals surface area contributed by atoms with Crippen molar-refractivity contribution in [3.8, 4) is 0 Å². The van der Waals surface area contributed by atoms with Gasteiger partial charge in [-0.2, -0.15) is 0 Å². The predicted octanol–water partition coefficient (Wildman–Crippen LogP) is 3.68. The Morgan fingerprint density at radius 1 is 1.20 bits per heavy atom. The summed E-state index contributed by atoms with van der Waals surface area (Å²) in [6, 6.07) is 14.2. The number of benzene rings is 2. The number of hydrogen-bond acceptors (Lipinski definition) is 2. The van der Waals surface area contributed by atoms with E-state index in [0.29, 0.717) is 0 Å². The van der Waals surface area contributed by atoms with Crippen LogP contribution in [0, 0.1) is 12.3 Å². The fourth-order valence-corrected chi connectivity index (χ4v) is 2.45. The highest BCUT2D eigenvalue weighted by Gasteiger charge is 2.11. The monoisotopic (exact) mass is 331 g/mol. The van der Waals surface area contributed by atoms with Crippen molar-refractivity contribution >= 4 is 27.5 Å². The maximum atomic E-state index is 7.68. The topological polar surface area (TPSA) is 53.1 Å². The average Bonchev–Trinajstić information content (AvgIpc) is 2.41. The number of nitrogens with two attached hydrogens (primary N) is 1. The van der Waals surface area contributed by atoms with E-state index < -0.39 is 0 Å². The van der Waals surface area contributed by atoms with Crippen molar-refractivity contribution in [3.63, 3.8) is 0 Å². The summed E-state index contributed by atoms with van der Waals surface area (Å²) in [5, 5.41) is 7.68. The third kappa shape index (κ3) is 3.39. The molecule has 20 heavy (non-hydrogen) atoms. The van der Waals surface area contributed by atoms with Gasteiger partial charge >= 0.3 is 0 Å². The van der Waals surface area contributed by atoms with Crippen LogP contribution < -0.4 is 10.6 Å². The Hall–Kier alpha value is -1.81. The van der Waals surface area contributed by atoms with Gasteiger partial charge in [0.25, 0.3) is 0 Å². The van der Waals surface area contributed by atoms with E-state index in [1.807, 2.05) is 25.2 Å². The number of nitrogens with one attached hydrogen (secondary N) is 1. The van der Waals surface area contributed by atoms with Crippen molar-refractivity contribution in [2.45, 2.75) is 13.5 Å². The Bertz CT molecular complexity index is 620. The van der Waals surface area contributed by atoms with Crippen LogP contribution in [0.3, 0.4) is 0 Å². The normalized spacial score (nSPS) is 10.3. The second kappa shape index (κ2) is 6.09. The van der Waals surface area contributed by atoms with Crippen LogP contribution in [-0.2, 0) is 6.54 Å². The molecule has 0 unspecified atom stereocenters. The molecule has 104 valence electrons. The summed E-state index contributed by atoms with van der Waals surface area (Å²) in [6.45, 7) is 2.85. The molecule has 0 spiro atoms. The molecule has 2 aromatic carbocycles. The molecule has 0 saturated carbocycles. The minimum Gasteiger partial charge on any atom is -0.384 e. The van der Waals surface area contributed by atoms with Crippen LogP contribution in [0.5, 0.6) is 0 Å². The average molecular weight is 332 g/mol. The Balaban J connectivity index is 2.28. The summed E-state index contributed by atoms with van der Waals surface area (Å²) in [5.74, 6) is 0.0863. The van der Waals surface area contributed by atoms with Crippen LogP contribution >= 0.6 is 15.9 Å². The van der Waals surface area contributed by atoms with E-state index in [4.69, 9.17) is 11.1 Å². The SMILES string of the molecule is Cc1ccc(CN(C)c2cc(Br)ccc2C(=N)N)cc1. The summed E-state index contributed by atoms with van der Waals surface area (Å²) < 4.78 is 0.980. The van der Waals surface area contributed by atoms with E-state index in [1.54, 1.807) is 0 Å². The van der Waals surface area contributed by atoms with Gasteiger partial charge in [-0.25, -0.2) is 0 Å². The molecule has 2 rings (SSSR count). The lowest BCUT2D eigenvalue weighted by molar-refractivity contribution is 0.920. The minimum atomic E-state index is 0.0863. The van der Waals surface area contributed by atoms with Crippen molar-refractivity contribution in [2.24, 2.45) is 5.73 Å². The molecule has 0 atom stereocenters. The molecular formula is C16H18BrN3. The molecule has 4 heteroatoms. The highest BCUT2D eigenvalue weighted by atomic mass is 79.9. The first kappa shape index (κ1) is 14.6. The lowest BCUT2D eigenvalue weighted by Gasteiger charge is -2.22. The van der Waals surface area contributed by atoms with Gasteiger partial charge in [0.15, 0.2) is 0 Å². The van der Waals surface area contributed by atoms with Gasteiger partial charge in [-0.1, -0.05) is 45.8 Å². The smallest absolute Gasteiger partial charge is 0.124 e. The predicted molar refractivity (Wildman–Crippen MR) is 88.4 cm³/mol. The van der Waals surface area contributed by atoms with Crippen molar-refractivity contribution < 1.29 is 0 Å². The number of nitrogen functional groups attached to an aromatic ring is 1. The molecule has 0 aromatic heterocycles. The van der Waals surface area contributed by atoms with Gasteiger partial charge in [0.1, 0.15) is 5.84 Å². The molecule has 3 nitrogen and oxygen atoms in total. The molecule has 0 aliphatic heterocycles. The van der Waals surface area contributed by atoms with E-state index in [2.05, 4.69) is 52.0 Å². The third-order valence-corrected chi connectivity index (χ3v) is 3.69. The molecule has 0 amide bonds. The zero-order valence-corrected chi connectivity index (χ0v) is 13.2. The van der Waals surface area contributed by atoms with E-state index in [0.717, 1.165) is 22.3 Å². The summed E-state index contributed by atoms with van der Waals surface area (Å²) in [5.41, 5.74) is 9.84. The van der Waals surface area contributed by atoms with Gasteiger partial charge in [-0.15, -0.1) is 0 Å². The number of rotatable bonds is 4. The first-order valence-electron chi connectivity index (χ1n) is 6.38. The third-order valence-electron chi connectivity index (χ3n) is 3.20. The van der Waals surface area contributed by atoms with Crippen LogP contribution in [0.4, 0.5) is 5.69 Å².